The first-order chi connectivity index (χ1) is 8.20. The van der Waals surface area contributed by atoms with Crippen LogP contribution in [0, 0.1) is 6.57 Å². The standard InChI is InChI=1S/C13H10N2O2/c1-14-11-5-2-10(3-6-11)4-7-12(16)15-9-8-13(15)17/h2-7H,8-9H2/b7-4+. The maximum Gasteiger partial charge on any atom is 0.253 e. The summed E-state index contributed by atoms with van der Waals surface area (Å²) >= 11 is 0. The third kappa shape index (κ3) is 2.40. The van der Waals surface area contributed by atoms with Gasteiger partial charge in [-0.2, -0.15) is 0 Å². The predicted molar refractivity (Wildman–Crippen MR) is 63.1 cm³/mol. The van der Waals surface area contributed by atoms with Gasteiger partial charge in [-0.15, -0.1) is 0 Å². The zero-order chi connectivity index (χ0) is 12.3. The summed E-state index contributed by atoms with van der Waals surface area (Å²) in [7, 11) is 0. The molecule has 1 saturated heterocycles. The van der Waals surface area contributed by atoms with E-state index in [0.717, 1.165) is 5.56 Å². The lowest BCUT2D eigenvalue weighted by Crippen LogP contribution is -2.46. The van der Waals surface area contributed by atoms with Gasteiger partial charge in [-0.05, 0) is 11.6 Å². The fourth-order valence-electron chi connectivity index (χ4n) is 1.47. The van der Waals surface area contributed by atoms with E-state index in [0.29, 0.717) is 18.7 Å². The van der Waals surface area contributed by atoms with Crippen molar-refractivity contribution in [1.82, 2.24) is 4.90 Å². The van der Waals surface area contributed by atoms with Gasteiger partial charge in [0.15, 0.2) is 5.69 Å². The molecule has 1 aromatic carbocycles. The van der Waals surface area contributed by atoms with Gasteiger partial charge >= 0.3 is 0 Å². The number of amides is 2. The number of hydrogen-bond donors (Lipinski definition) is 0. The lowest BCUT2D eigenvalue weighted by molar-refractivity contribution is -0.149. The predicted octanol–water partition coefficient (Wildman–Crippen LogP) is 2.01. The Bertz CT molecular complexity index is 523. The van der Waals surface area contributed by atoms with E-state index in [1.807, 2.05) is 0 Å². The summed E-state index contributed by atoms with van der Waals surface area (Å²) in [4.78, 5) is 27.0. The van der Waals surface area contributed by atoms with Crippen LogP contribution in [0.25, 0.3) is 10.9 Å². The van der Waals surface area contributed by atoms with Crippen LogP contribution in [0.2, 0.25) is 0 Å². The molecule has 0 radical (unpaired) electrons. The van der Waals surface area contributed by atoms with Crippen LogP contribution in [0.3, 0.4) is 0 Å². The molecule has 17 heavy (non-hydrogen) atoms. The molecule has 0 aromatic heterocycles. The van der Waals surface area contributed by atoms with Crippen molar-refractivity contribution >= 4 is 23.6 Å². The van der Waals surface area contributed by atoms with Crippen LogP contribution < -0.4 is 0 Å². The number of rotatable bonds is 2. The molecular formula is C13H10N2O2. The van der Waals surface area contributed by atoms with Crippen molar-refractivity contribution in [2.24, 2.45) is 0 Å². The molecule has 1 heterocycles. The Balaban J connectivity index is 2.02. The van der Waals surface area contributed by atoms with Gasteiger partial charge < -0.3 is 0 Å². The van der Waals surface area contributed by atoms with E-state index in [9.17, 15) is 9.59 Å². The Morgan fingerprint density at radius 3 is 2.53 bits per heavy atom. The minimum absolute atomic E-state index is 0.122. The molecule has 1 aliphatic rings. The quantitative estimate of drug-likeness (QED) is 0.439. The molecule has 1 aliphatic heterocycles. The largest absolute Gasteiger partial charge is 0.278 e. The number of nitrogens with zero attached hydrogens (tertiary/aromatic N) is 2. The van der Waals surface area contributed by atoms with Gasteiger partial charge in [-0.25, -0.2) is 4.85 Å². The van der Waals surface area contributed by atoms with Crippen LogP contribution >= 0.6 is 0 Å². The van der Waals surface area contributed by atoms with E-state index >= 15 is 0 Å². The average molecular weight is 226 g/mol. The maximum absolute atomic E-state index is 11.5. The third-order valence-corrected chi connectivity index (χ3v) is 2.56. The smallest absolute Gasteiger partial charge is 0.253 e. The van der Waals surface area contributed by atoms with Crippen LogP contribution in [0.15, 0.2) is 30.3 Å². The summed E-state index contributed by atoms with van der Waals surface area (Å²) in [5.41, 5.74) is 1.39. The molecule has 2 rings (SSSR count). The number of carbonyl (C=O) groups excluding carboxylic acids is 2. The molecule has 2 amide bonds. The summed E-state index contributed by atoms with van der Waals surface area (Å²) in [6, 6.07) is 6.89. The van der Waals surface area contributed by atoms with Crippen LogP contribution in [0.4, 0.5) is 5.69 Å². The van der Waals surface area contributed by atoms with E-state index < -0.39 is 0 Å². The van der Waals surface area contributed by atoms with Gasteiger partial charge in [-0.3, -0.25) is 14.5 Å². The summed E-state index contributed by atoms with van der Waals surface area (Å²) in [6.07, 6.45) is 3.48. The van der Waals surface area contributed by atoms with E-state index in [1.54, 1.807) is 30.3 Å². The second-order valence-corrected chi connectivity index (χ2v) is 3.67. The summed E-state index contributed by atoms with van der Waals surface area (Å²) in [6.45, 7) is 7.32. The minimum Gasteiger partial charge on any atom is -0.278 e. The molecular weight excluding hydrogens is 216 g/mol. The third-order valence-electron chi connectivity index (χ3n) is 2.56. The fourth-order valence-corrected chi connectivity index (χ4v) is 1.47. The molecule has 0 N–H and O–H groups in total. The molecule has 0 bridgehead atoms. The first kappa shape index (κ1) is 11.1. The van der Waals surface area contributed by atoms with E-state index in [1.165, 1.54) is 11.0 Å². The Kier molecular flexibility index (Phi) is 3.01. The summed E-state index contributed by atoms with van der Waals surface area (Å²) in [5.74, 6) is -0.404. The number of carbonyl (C=O) groups is 2. The van der Waals surface area contributed by atoms with Crippen molar-refractivity contribution in [3.63, 3.8) is 0 Å². The van der Waals surface area contributed by atoms with E-state index in [2.05, 4.69) is 4.85 Å². The molecule has 0 aliphatic carbocycles. The van der Waals surface area contributed by atoms with Crippen LogP contribution in [-0.2, 0) is 9.59 Å². The highest BCUT2D eigenvalue weighted by atomic mass is 16.2. The number of imide groups is 1. The van der Waals surface area contributed by atoms with Gasteiger partial charge in [0, 0.05) is 19.0 Å². The second-order valence-electron chi connectivity index (χ2n) is 3.67. The van der Waals surface area contributed by atoms with Crippen molar-refractivity contribution in [2.75, 3.05) is 6.54 Å². The molecule has 4 heteroatoms. The highest BCUT2D eigenvalue weighted by Crippen LogP contribution is 2.14. The molecule has 0 atom stereocenters. The molecule has 0 unspecified atom stereocenters. The molecule has 4 nitrogen and oxygen atoms in total. The van der Waals surface area contributed by atoms with Crippen molar-refractivity contribution in [2.45, 2.75) is 6.42 Å². The Hall–Kier alpha value is -2.41. The van der Waals surface area contributed by atoms with Crippen LogP contribution in [0.1, 0.15) is 12.0 Å². The lowest BCUT2D eigenvalue weighted by Gasteiger charge is -2.27. The molecule has 1 fully saturated rings. The molecule has 84 valence electrons. The van der Waals surface area contributed by atoms with Crippen molar-refractivity contribution in [3.8, 4) is 0 Å². The molecule has 0 saturated carbocycles. The summed E-state index contributed by atoms with van der Waals surface area (Å²) < 4.78 is 0. The summed E-state index contributed by atoms with van der Waals surface area (Å²) in [5, 5.41) is 0. The first-order valence-corrected chi connectivity index (χ1v) is 5.20. The topological polar surface area (TPSA) is 41.7 Å². The van der Waals surface area contributed by atoms with E-state index in [-0.39, 0.29) is 11.8 Å². The highest BCUT2D eigenvalue weighted by molar-refractivity contribution is 6.05. The van der Waals surface area contributed by atoms with Gasteiger partial charge in [0.05, 0.1) is 6.57 Å². The fraction of sp³-hybridized carbons (Fsp3) is 0.154. The zero-order valence-corrected chi connectivity index (χ0v) is 9.09. The van der Waals surface area contributed by atoms with Crippen molar-refractivity contribution in [1.29, 1.82) is 0 Å². The number of likely N-dealkylation sites (tertiary alicyclic amines) is 1. The number of β-lactam (4-membered cyclic amide) rings is 1. The number of benzene rings is 1. The maximum atomic E-state index is 11.5. The van der Waals surface area contributed by atoms with Gasteiger partial charge in [-0.1, -0.05) is 24.3 Å². The van der Waals surface area contributed by atoms with E-state index in [4.69, 9.17) is 6.57 Å². The number of hydrogen-bond acceptors (Lipinski definition) is 2. The first-order valence-electron chi connectivity index (χ1n) is 5.20. The molecule has 1 aromatic rings. The van der Waals surface area contributed by atoms with Gasteiger partial charge in [0.25, 0.3) is 5.91 Å². The van der Waals surface area contributed by atoms with Gasteiger partial charge in [0.1, 0.15) is 0 Å². The van der Waals surface area contributed by atoms with Crippen molar-refractivity contribution in [3.05, 3.63) is 47.3 Å². The van der Waals surface area contributed by atoms with Crippen LogP contribution in [0.5, 0.6) is 0 Å². The minimum atomic E-state index is -0.282. The van der Waals surface area contributed by atoms with Crippen LogP contribution in [-0.4, -0.2) is 23.3 Å². The zero-order valence-electron chi connectivity index (χ0n) is 9.09. The Labute approximate surface area is 99.0 Å². The molecule has 0 spiro atoms. The van der Waals surface area contributed by atoms with Crippen molar-refractivity contribution < 1.29 is 9.59 Å². The van der Waals surface area contributed by atoms with Gasteiger partial charge in [0.2, 0.25) is 5.91 Å². The lowest BCUT2D eigenvalue weighted by atomic mass is 10.1. The SMILES string of the molecule is [C-]#[N+]c1ccc(/C=C/C(=O)N2CCC2=O)cc1. The Morgan fingerprint density at radius 2 is 2.06 bits per heavy atom. The second kappa shape index (κ2) is 4.62. The Morgan fingerprint density at radius 1 is 1.35 bits per heavy atom. The average Bonchev–Trinajstić information content (AvgIpc) is 2.35. The normalized spacial score (nSPS) is 14.5. The highest BCUT2D eigenvalue weighted by Gasteiger charge is 2.27. The monoisotopic (exact) mass is 226 g/mol.